The van der Waals surface area contributed by atoms with E-state index in [9.17, 15) is 0 Å². The van der Waals surface area contributed by atoms with Crippen molar-refractivity contribution in [3.8, 4) is 16.8 Å². The molecule has 268 valence electrons. The van der Waals surface area contributed by atoms with Gasteiger partial charge in [-0.3, -0.25) is 0 Å². The maximum absolute atomic E-state index is 2.53. The molecule has 0 spiro atoms. The maximum Gasteiger partial charge on any atom is 0.0541 e. The molecule has 1 nitrogen and oxygen atoms in total. The van der Waals surface area contributed by atoms with Gasteiger partial charge in [-0.2, -0.15) is 0 Å². The van der Waals surface area contributed by atoms with E-state index in [0.717, 1.165) is 18.6 Å². The Labute approximate surface area is 335 Å². The van der Waals surface area contributed by atoms with Crippen molar-refractivity contribution in [2.45, 2.75) is 31.6 Å². The van der Waals surface area contributed by atoms with Crippen molar-refractivity contribution >= 4 is 92.2 Å². The van der Waals surface area contributed by atoms with E-state index < -0.39 is 0 Å². The molecule has 1 aliphatic rings. The van der Waals surface area contributed by atoms with E-state index in [1.165, 1.54) is 113 Å². The molecule has 56 heavy (non-hydrogen) atoms. The molecule has 0 aliphatic carbocycles. The molecule has 0 unspecified atom stereocenters. The molecule has 0 bridgehead atoms. The molecule has 3 heterocycles. The first-order valence-electron chi connectivity index (χ1n) is 19.6. The summed E-state index contributed by atoms with van der Waals surface area (Å²) in [6.45, 7) is 4.60. The Morgan fingerprint density at radius 3 is 2.23 bits per heavy atom. The average molecular weight is 754 g/mol. The third-order valence-electron chi connectivity index (χ3n) is 11.9. The predicted molar refractivity (Wildman–Crippen MR) is 246 cm³/mol. The van der Waals surface area contributed by atoms with Gasteiger partial charge in [0, 0.05) is 47.3 Å². The van der Waals surface area contributed by atoms with Gasteiger partial charge < -0.3 is 4.57 Å². The Balaban J connectivity index is 1.16. The van der Waals surface area contributed by atoms with Gasteiger partial charge in [-0.25, -0.2) is 0 Å². The summed E-state index contributed by atoms with van der Waals surface area (Å²) in [5.74, 6) is 0.918. The Hall–Kier alpha value is -5.87. The van der Waals surface area contributed by atoms with Gasteiger partial charge in [-0.1, -0.05) is 128 Å². The van der Waals surface area contributed by atoms with E-state index >= 15 is 0 Å². The Bertz CT molecular complexity index is 3280. The number of allylic oxidation sites excluding steroid dienone is 3. The Morgan fingerprint density at radius 1 is 0.625 bits per heavy atom. The summed E-state index contributed by atoms with van der Waals surface area (Å²) >= 11 is 3.85. The van der Waals surface area contributed by atoms with Crippen LogP contribution in [0.25, 0.3) is 85.9 Å². The van der Waals surface area contributed by atoms with Crippen LogP contribution in [-0.4, -0.2) is 10.3 Å². The first kappa shape index (κ1) is 33.5. The normalized spacial score (nSPS) is 14.9. The van der Waals surface area contributed by atoms with Gasteiger partial charge in [0.25, 0.3) is 0 Å². The number of hydrogen-bond donors (Lipinski definition) is 0. The Morgan fingerprint density at radius 2 is 1.36 bits per heavy atom. The smallest absolute Gasteiger partial charge is 0.0541 e. The van der Waals surface area contributed by atoms with Crippen molar-refractivity contribution in [1.29, 1.82) is 0 Å². The molecular formula is C53H39NS2. The fourth-order valence-corrected chi connectivity index (χ4v) is 11.5. The van der Waals surface area contributed by atoms with Crippen molar-refractivity contribution in [3.05, 3.63) is 186 Å². The van der Waals surface area contributed by atoms with Gasteiger partial charge >= 0.3 is 0 Å². The van der Waals surface area contributed by atoms with E-state index in [1.807, 2.05) is 23.1 Å². The summed E-state index contributed by atoms with van der Waals surface area (Å²) in [5.41, 5.74) is 13.0. The van der Waals surface area contributed by atoms with Crippen molar-refractivity contribution in [1.82, 2.24) is 4.57 Å². The molecule has 2 aromatic heterocycles. The van der Waals surface area contributed by atoms with Crippen LogP contribution >= 0.6 is 23.1 Å². The molecule has 0 saturated heterocycles. The van der Waals surface area contributed by atoms with Crippen LogP contribution in [0.2, 0.25) is 0 Å². The van der Waals surface area contributed by atoms with Crippen LogP contribution in [0.15, 0.2) is 169 Å². The summed E-state index contributed by atoms with van der Waals surface area (Å²) in [6.07, 6.45) is 8.84. The lowest BCUT2D eigenvalue weighted by atomic mass is 9.93. The number of aryl methyl sites for hydroxylation is 2. The lowest BCUT2D eigenvalue weighted by Crippen LogP contribution is -1.99. The molecule has 0 N–H and O–H groups in total. The minimum atomic E-state index is 0.918. The third-order valence-corrected chi connectivity index (χ3v) is 14.3. The molecule has 11 rings (SSSR count). The molecule has 0 fully saturated rings. The van der Waals surface area contributed by atoms with Gasteiger partial charge in [0.15, 0.2) is 0 Å². The molecular weight excluding hydrogens is 715 g/mol. The number of rotatable bonds is 4. The fraction of sp³-hybridized carbons (Fsp3) is 0.0943. The number of nitrogens with zero attached hydrogens (tertiary/aromatic N) is 1. The van der Waals surface area contributed by atoms with Crippen LogP contribution in [0, 0.1) is 6.92 Å². The number of fused-ring (bicyclic) bond motifs is 10. The standard InChI is InChI=1S/C53H39NS2/c1-3-34-15-10-16-36-22-23-37-24-27-46(33(2)51(37)52(34)36)54-47-28-25-38(40-14-5-4-12-35-13-6-8-20-49(35)55-32-40)30-44(47)45-31-39(26-29-48(45)54)41-18-11-19-43-42-17-7-9-21-50(42)56-53(41)43/h4-11,13-31H,3,12,32H2,1-2H3/b5-4-,40-14+. The minimum absolute atomic E-state index is 0.918. The zero-order valence-corrected chi connectivity index (χ0v) is 33.1. The van der Waals surface area contributed by atoms with Crippen molar-refractivity contribution in [2.24, 2.45) is 0 Å². The predicted octanol–water partition coefficient (Wildman–Crippen LogP) is 15.3. The zero-order chi connectivity index (χ0) is 37.3. The van der Waals surface area contributed by atoms with Crippen molar-refractivity contribution in [3.63, 3.8) is 0 Å². The van der Waals surface area contributed by atoms with Crippen molar-refractivity contribution < 1.29 is 0 Å². The van der Waals surface area contributed by atoms with Gasteiger partial charge in [0.2, 0.25) is 0 Å². The topological polar surface area (TPSA) is 4.93 Å². The monoisotopic (exact) mass is 753 g/mol. The van der Waals surface area contributed by atoms with Crippen LogP contribution in [0.4, 0.5) is 0 Å². The summed E-state index contributed by atoms with van der Waals surface area (Å²) < 4.78 is 5.21. The first-order chi connectivity index (χ1) is 27.6. The number of thioether (sulfide) groups is 1. The second-order valence-corrected chi connectivity index (χ2v) is 17.1. The molecule has 1 aliphatic heterocycles. The summed E-state index contributed by atoms with van der Waals surface area (Å²) in [7, 11) is 0. The summed E-state index contributed by atoms with van der Waals surface area (Å²) in [5, 5.41) is 10.6. The maximum atomic E-state index is 2.53. The fourth-order valence-electron chi connectivity index (χ4n) is 9.17. The second-order valence-electron chi connectivity index (χ2n) is 15.0. The average Bonchev–Trinajstić information content (AvgIpc) is 3.81. The van der Waals surface area contributed by atoms with Crippen LogP contribution in [-0.2, 0) is 12.8 Å². The van der Waals surface area contributed by atoms with Crippen LogP contribution in [0.5, 0.6) is 0 Å². The van der Waals surface area contributed by atoms with E-state index in [2.05, 4.69) is 182 Å². The van der Waals surface area contributed by atoms with Gasteiger partial charge in [-0.05, 0) is 123 Å². The van der Waals surface area contributed by atoms with E-state index in [4.69, 9.17) is 0 Å². The number of benzene rings is 8. The van der Waals surface area contributed by atoms with Crippen LogP contribution in [0.1, 0.15) is 29.2 Å². The highest BCUT2D eigenvalue weighted by Gasteiger charge is 2.20. The summed E-state index contributed by atoms with van der Waals surface area (Å²) in [6, 6.07) is 54.8. The largest absolute Gasteiger partial charge is 0.309 e. The van der Waals surface area contributed by atoms with Crippen molar-refractivity contribution in [2.75, 3.05) is 5.75 Å². The number of thiophene rings is 1. The van der Waals surface area contributed by atoms with Crippen LogP contribution < -0.4 is 0 Å². The highest BCUT2D eigenvalue weighted by Crippen LogP contribution is 2.44. The third kappa shape index (κ3) is 5.29. The lowest BCUT2D eigenvalue weighted by Gasteiger charge is -2.17. The molecule has 3 heteroatoms. The lowest BCUT2D eigenvalue weighted by molar-refractivity contribution is 1.15. The van der Waals surface area contributed by atoms with E-state index in [0.29, 0.717) is 0 Å². The first-order valence-corrected chi connectivity index (χ1v) is 21.4. The van der Waals surface area contributed by atoms with Gasteiger partial charge in [0.1, 0.15) is 0 Å². The highest BCUT2D eigenvalue weighted by molar-refractivity contribution is 7.99. The van der Waals surface area contributed by atoms with Crippen LogP contribution in [0.3, 0.4) is 0 Å². The highest BCUT2D eigenvalue weighted by atomic mass is 32.2. The number of aromatic nitrogens is 1. The minimum Gasteiger partial charge on any atom is -0.309 e. The summed E-state index contributed by atoms with van der Waals surface area (Å²) in [4.78, 5) is 1.37. The molecule has 8 aromatic carbocycles. The quantitative estimate of drug-likeness (QED) is 0.162. The second kappa shape index (κ2) is 13.4. The molecule has 0 amide bonds. The van der Waals surface area contributed by atoms with E-state index in [1.54, 1.807) is 0 Å². The Kier molecular flexibility index (Phi) is 8.01. The number of hydrogen-bond acceptors (Lipinski definition) is 2. The molecule has 10 aromatic rings. The van der Waals surface area contributed by atoms with Gasteiger partial charge in [-0.15, -0.1) is 23.1 Å². The molecule has 0 radical (unpaired) electrons. The molecule has 0 atom stereocenters. The SMILES string of the molecule is CCc1cccc2ccc3ccc(-n4c5ccc(/C6=C/C=C\Cc7ccccc7SC6)cc5c5cc(-c6cccc7c6sc6ccccc67)ccc54)c(C)c3c12. The van der Waals surface area contributed by atoms with Gasteiger partial charge in [0.05, 0.1) is 11.0 Å². The van der Waals surface area contributed by atoms with E-state index in [-0.39, 0.29) is 0 Å². The molecule has 0 saturated carbocycles. The zero-order valence-electron chi connectivity index (χ0n) is 31.5.